The van der Waals surface area contributed by atoms with Crippen LogP contribution in [0.5, 0.6) is 0 Å². The van der Waals surface area contributed by atoms with Crippen molar-refractivity contribution in [3.05, 3.63) is 12.3 Å². The van der Waals surface area contributed by atoms with Gasteiger partial charge in [0.05, 0.1) is 6.54 Å². The Bertz CT molecular complexity index is 728. The molecule has 0 radical (unpaired) electrons. The van der Waals surface area contributed by atoms with Gasteiger partial charge in [-0.15, -0.1) is 0 Å². The molecule has 7 nitrogen and oxygen atoms in total. The Morgan fingerprint density at radius 3 is 2.19 bits per heavy atom. The highest BCUT2D eigenvalue weighted by Gasteiger charge is 2.41. The van der Waals surface area contributed by atoms with Crippen LogP contribution in [0.1, 0.15) is 27.7 Å². The van der Waals surface area contributed by atoms with Gasteiger partial charge in [0.2, 0.25) is 0 Å². The molecular formula is C14H25F3N4O3P2S. The lowest BCUT2D eigenvalue weighted by atomic mass is 10.4. The maximum absolute atomic E-state index is 12.8. The number of hydrogen-bond donors (Lipinski definition) is 0. The predicted molar refractivity (Wildman–Crippen MR) is 102 cm³/mol. The lowest BCUT2D eigenvalue weighted by Crippen LogP contribution is -2.40. The number of amides is 1. The molecule has 0 aromatic carbocycles. The van der Waals surface area contributed by atoms with Gasteiger partial charge in [-0.3, -0.25) is 9.48 Å². The molecule has 0 N–H and O–H groups in total. The van der Waals surface area contributed by atoms with Crippen LogP contribution in [0.25, 0.3) is 0 Å². The summed E-state index contributed by atoms with van der Waals surface area (Å²) in [5.74, 6) is -1.95. The Morgan fingerprint density at radius 2 is 1.74 bits per heavy atom. The van der Waals surface area contributed by atoms with Crippen molar-refractivity contribution < 1.29 is 26.4 Å². The van der Waals surface area contributed by atoms with Crippen LogP contribution >= 0.6 is 17.5 Å². The highest BCUT2D eigenvalue weighted by molar-refractivity contribution is 7.97. The van der Waals surface area contributed by atoms with E-state index >= 15 is 0 Å². The molecule has 0 fully saturated rings. The van der Waals surface area contributed by atoms with E-state index in [2.05, 4.69) is 5.10 Å². The van der Waals surface area contributed by atoms with Crippen molar-refractivity contribution >= 4 is 33.4 Å². The maximum Gasteiger partial charge on any atom is 0.471 e. The molecule has 0 saturated carbocycles. The van der Waals surface area contributed by atoms with Gasteiger partial charge in [-0.05, 0) is 34.8 Å². The predicted octanol–water partition coefficient (Wildman–Crippen LogP) is 2.90. The Morgan fingerprint density at radius 1 is 1.22 bits per heavy atom. The topological polar surface area (TPSA) is 75.5 Å². The fourth-order valence-corrected chi connectivity index (χ4v) is 8.26. The normalized spacial score (nSPS) is 13.9. The summed E-state index contributed by atoms with van der Waals surface area (Å²) in [5, 5.41) is 3.84. The minimum absolute atomic E-state index is 0.0488. The van der Waals surface area contributed by atoms with Crippen LogP contribution in [-0.2, 0) is 21.4 Å². The second-order valence-electron chi connectivity index (χ2n) is 6.48. The van der Waals surface area contributed by atoms with Crippen LogP contribution in [0.3, 0.4) is 0 Å². The van der Waals surface area contributed by atoms with Gasteiger partial charge in [-0.2, -0.15) is 22.1 Å². The third-order valence-corrected chi connectivity index (χ3v) is 8.70. The van der Waals surface area contributed by atoms with Crippen molar-refractivity contribution in [1.82, 2.24) is 18.5 Å². The van der Waals surface area contributed by atoms with Gasteiger partial charge < -0.3 is 4.90 Å². The van der Waals surface area contributed by atoms with Crippen molar-refractivity contribution in [2.75, 3.05) is 13.6 Å². The standard InChI is InChI=1S/C14H25F3N4O3P2S/c1-10(2)25-21(26-11(3)4)27(23,24)12-6-7-20(18-12)9-8-19(5)13(22)14(15,16)17/h6-7,10-11,25-26H,8-9H2,1-5H3. The molecule has 13 heteroatoms. The van der Waals surface area contributed by atoms with Gasteiger partial charge in [0, 0.05) is 19.8 Å². The van der Waals surface area contributed by atoms with Gasteiger partial charge in [0.1, 0.15) is 0 Å². The quantitative estimate of drug-likeness (QED) is 0.545. The van der Waals surface area contributed by atoms with Crippen LogP contribution in [-0.4, -0.2) is 63.9 Å². The number of carbonyl (C=O) groups is 1. The number of likely N-dealkylation sites (N-methyl/N-ethyl adjacent to an activating group) is 1. The van der Waals surface area contributed by atoms with Gasteiger partial charge in [0.15, 0.2) is 5.03 Å². The molecule has 0 aliphatic heterocycles. The van der Waals surface area contributed by atoms with Gasteiger partial charge >= 0.3 is 12.1 Å². The van der Waals surface area contributed by atoms with Crippen LogP contribution in [0.4, 0.5) is 13.2 Å². The molecule has 0 spiro atoms. The SMILES string of the molecule is CC(C)PN(PC(C)C)S(=O)(=O)c1ccn(CCN(C)C(=O)C(F)(F)F)n1. The number of halogens is 3. The monoisotopic (exact) mass is 448 g/mol. The maximum atomic E-state index is 12.8. The number of aromatic nitrogens is 2. The number of carbonyl (C=O) groups excluding carboxylic acids is 1. The van der Waals surface area contributed by atoms with Gasteiger partial charge in [-0.25, -0.2) is 8.42 Å². The molecule has 0 saturated heterocycles. The fraction of sp³-hybridized carbons (Fsp3) is 0.714. The van der Waals surface area contributed by atoms with Crippen LogP contribution in [0.15, 0.2) is 17.3 Å². The largest absolute Gasteiger partial charge is 0.471 e. The minimum Gasteiger partial charge on any atom is -0.336 e. The zero-order chi connectivity index (χ0) is 21.0. The van der Waals surface area contributed by atoms with E-state index in [1.807, 2.05) is 27.7 Å². The minimum atomic E-state index is -4.94. The van der Waals surface area contributed by atoms with Gasteiger partial charge in [0.25, 0.3) is 10.0 Å². The second-order valence-corrected chi connectivity index (χ2v) is 13.0. The van der Waals surface area contributed by atoms with E-state index in [1.54, 1.807) is 0 Å². The number of rotatable bonds is 9. The fourth-order valence-electron chi connectivity index (χ4n) is 1.91. The average molecular weight is 448 g/mol. The zero-order valence-corrected chi connectivity index (χ0v) is 18.6. The molecule has 27 heavy (non-hydrogen) atoms. The molecule has 1 rings (SSSR count). The number of nitrogens with zero attached hydrogens (tertiary/aromatic N) is 4. The number of alkyl halides is 3. The van der Waals surface area contributed by atoms with Crippen molar-refractivity contribution in [2.45, 2.75) is 56.8 Å². The average Bonchev–Trinajstić information content (AvgIpc) is 2.99. The van der Waals surface area contributed by atoms with E-state index in [-0.39, 0.29) is 46.9 Å². The third kappa shape index (κ3) is 7.29. The lowest BCUT2D eigenvalue weighted by Gasteiger charge is -2.24. The molecule has 156 valence electrons. The molecule has 1 aromatic heterocycles. The highest BCUT2D eigenvalue weighted by Crippen LogP contribution is 2.43. The molecule has 0 aliphatic rings. The Balaban J connectivity index is 2.88. The summed E-state index contributed by atoms with van der Waals surface area (Å²) in [5.41, 5.74) is 0.324. The first-order valence-corrected chi connectivity index (χ1v) is 11.7. The van der Waals surface area contributed by atoms with E-state index in [1.165, 1.54) is 20.8 Å². The summed E-state index contributed by atoms with van der Waals surface area (Å²) in [6.07, 6.45) is -3.56. The number of hydrogen-bond acceptors (Lipinski definition) is 4. The molecule has 1 heterocycles. The first kappa shape index (κ1) is 24.3. The summed E-state index contributed by atoms with van der Waals surface area (Å²) in [6, 6.07) is 1.32. The van der Waals surface area contributed by atoms with Crippen molar-refractivity contribution in [1.29, 1.82) is 0 Å². The Hall–Kier alpha value is -0.760. The first-order chi connectivity index (χ1) is 12.2. The molecule has 1 amide bonds. The molecule has 2 atom stereocenters. The second kappa shape index (κ2) is 9.63. The Labute approximate surface area is 161 Å². The lowest BCUT2D eigenvalue weighted by molar-refractivity contribution is -0.184. The third-order valence-electron chi connectivity index (χ3n) is 3.13. The van der Waals surface area contributed by atoms with Crippen molar-refractivity contribution in [3.8, 4) is 0 Å². The van der Waals surface area contributed by atoms with E-state index in [0.717, 1.165) is 7.05 Å². The van der Waals surface area contributed by atoms with Crippen molar-refractivity contribution in [3.63, 3.8) is 0 Å². The zero-order valence-electron chi connectivity index (χ0n) is 15.8. The van der Waals surface area contributed by atoms with E-state index in [9.17, 15) is 26.4 Å². The van der Waals surface area contributed by atoms with E-state index < -0.39 is 22.1 Å². The summed E-state index contributed by atoms with van der Waals surface area (Å²) in [7, 11) is -2.60. The summed E-state index contributed by atoms with van der Waals surface area (Å²) < 4.78 is 65.5. The Kier molecular flexibility index (Phi) is 8.66. The number of sulfonamides is 1. The van der Waals surface area contributed by atoms with Gasteiger partial charge in [-0.1, -0.05) is 27.7 Å². The smallest absolute Gasteiger partial charge is 0.336 e. The van der Waals surface area contributed by atoms with Crippen LogP contribution < -0.4 is 0 Å². The van der Waals surface area contributed by atoms with E-state index in [0.29, 0.717) is 4.90 Å². The highest BCUT2D eigenvalue weighted by atomic mass is 32.2. The summed E-state index contributed by atoms with van der Waals surface area (Å²) in [4.78, 5) is 11.6. The van der Waals surface area contributed by atoms with Crippen LogP contribution in [0.2, 0.25) is 0 Å². The van der Waals surface area contributed by atoms with Crippen molar-refractivity contribution in [2.24, 2.45) is 0 Å². The summed E-state index contributed by atoms with van der Waals surface area (Å²) in [6.45, 7) is 7.42. The van der Waals surface area contributed by atoms with E-state index in [4.69, 9.17) is 0 Å². The molecule has 0 aliphatic carbocycles. The molecule has 1 aromatic rings. The van der Waals surface area contributed by atoms with Crippen LogP contribution in [0, 0.1) is 0 Å². The summed E-state index contributed by atoms with van der Waals surface area (Å²) >= 11 is 0. The molecule has 0 bridgehead atoms. The molecule has 2 unspecified atom stereocenters. The molecular weight excluding hydrogens is 423 g/mol. The first-order valence-electron chi connectivity index (χ1n) is 8.18.